The van der Waals surface area contributed by atoms with Gasteiger partial charge in [-0.15, -0.1) is 0 Å². The van der Waals surface area contributed by atoms with Crippen molar-refractivity contribution in [3.63, 3.8) is 0 Å². The molecule has 0 spiro atoms. The molecular weight excluding hydrogens is 164 g/mol. The second-order valence-electron chi connectivity index (χ2n) is 2.88. The smallest absolute Gasteiger partial charge is 0.120 e. The summed E-state index contributed by atoms with van der Waals surface area (Å²) < 4.78 is 5.25. The summed E-state index contributed by atoms with van der Waals surface area (Å²) in [4.78, 5) is 0. The van der Waals surface area contributed by atoms with Crippen molar-refractivity contribution >= 4 is 5.57 Å². The van der Waals surface area contributed by atoms with Gasteiger partial charge in [-0.05, 0) is 24.6 Å². The maximum Gasteiger partial charge on any atom is 0.120 e. The van der Waals surface area contributed by atoms with Gasteiger partial charge in [-0.25, -0.2) is 0 Å². The molecule has 0 saturated heterocycles. The van der Waals surface area contributed by atoms with Gasteiger partial charge in [0.25, 0.3) is 0 Å². The average molecular weight is 178 g/mol. The summed E-state index contributed by atoms with van der Waals surface area (Å²) in [6.07, 6.45) is 0. The van der Waals surface area contributed by atoms with Crippen molar-refractivity contribution in [3.05, 3.63) is 36.4 Å². The summed E-state index contributed by atoms with van der Waals surface area (Å²) >= 11 is 0. The lowest BCUT2D eigenvalue weighted by Crippen LogP contribution is -2.01. The van der Waals surface area contributed by atoms with E-state index in [1.807, 2.05) is 31.2 Å². The number of allylic oxidation sites excluding steroid dienone is 1. The van der Waals surface area contributed by atoms with Crippen LogP contribution in [-0.2, 0) is 0 Å². The number of ether oxygens (including phenoxy) is 1. The third-order valence-electron chi connectivity index (χ3n) is 1.69. The van der Waals surface area contributed by atoms with E-state index in [-0.39, 0.29) is 6.61 Å². The van der Waals surface area contributed by atoms with E-state index in [9.17, 15) is 0 Å². The van der Waals surface area contributed by atoms with E-state index in [4.69, 9.17) is 9.84 Å². The molecule has 0 radical (unpaired) electrons. The summed E-state index contributed by atoms with van der Waals surface area (Å²) in [6, 6.07) is 7.67. The van der Waals surface area contributed by atoms with Gasteiger partial charge in [-0.1, -0.05) is 24.3 Å². The molecule has 13 heavy (non-hydrogen) atoms. The van der Waals surface area contributed by atoms with Crippen molar-refractivity contribution < 1.29 is 9.84 Å². The topological polar surface area (TPSA) is 29.5 Å². The standard InChI is InChI=1S/C11H14O2/c1-9(2)10-4-3-5-11(8-10)13-7-6-12/h3-5,8,12H,1,6-7H2,2H3. The number of aliphatic hydroxyl groups excluding tert-OH is 1. The quantitative estimate of drug-likeness (QED) is 0.765. The van der Waals surface area contributed by atoms with Crippen LogP contribution in [0.15, 0.2) is 30.8 Å². The summed E-state index contributed by atoms with van der Waals surface area (Å²) in [6.45, 7) is 6.16. The minimum atomic E-state index is 0.0390. The lowest BCUT2D eigenvalue weighted by atomic mass is 10.1. The van der Waals surface area contributed by atoms with Gasteiger partial charge in [0.2, 0.25) is 0 Å². The largest absolute Gasteiger partial charge is 0.491 e. The molecule has 2 nitrogen and oxygen atoms in total. The zero-order valence-electron chi connectivity index (χ0n) is 7.79. The Bertz CT molecular complexity index is 292. The van der Waals surface area contributed by atoms with E-state index in [0.29, 0.717) is 6.61 Å². The summed E-state index contributed by atoms with van der Waals surface area (Å²) in [5.74, 6) is 0.773. The van der Waals surface area contributed by atoms with E-state index in [0.717, 1.165) is 16.9 Å². The Balaban J connectivity index is 2.73. The first-order valence-electron chi connectivity index (χ1n) is 4.23. The molecule has 0 aromatic heterocycles. The molecule has 2 heteroatoms. The van der Waals surface area contributed by atoms with Crippen molar-refractivity contribution in [1.29, 1.82) is 0 Å². The monoisotopic (exact) mass is 178 g/mol. The van der Waals surface area contributed by atoms with Crippen LogP contribution in [0.25, 0.3) is 5.57 Å². The van der Waals surface area contributed by atoms with Gasteiger partial charge in [0.1, 0.15) is 12.4 Å². The van der Waals surface area contributed by atoms with Crippen LogP contribution in [-0.4, -0.2) is 18.3 Å². The van der Waals surface area contributed by atoms with Crippen LogP contribution in [0.2, 0.25) is 0 Å². The van der Waals surface area contributed by atoms with E-state index >= 15 is 0 Å². The SMILES string of the molecule is C=C(C)c1cccc(OCCO)c1. The highest BCUT2D eigenvalue weighted by Gasteiger charge is 1.96. The highest BCUT2D eigenvalue weighted by Crippen LogP contribution is 2.18. The lowest BCUT2D eigenvalue weighted by Gasteiger charge is -2.05. The molecule has 0 unspecified atom stereocenters. The Hall–Kier alpha value is -1.28. The van der Waals surface area contributed by atoms with E-state index in [1.54, 1.807) is 0 Å². The minimum absolute atomic E-state index is 0.0390. The van der Waals surface area contributed by atoms with Gasteiger partial charge in [0, 0.05) is 0 Å². The Labute approximate surface area is 78.5 Å². The van der Waals surface area contributed by atoms with Crippen molar-refractivity contribution in [2.24, 2.45) is 0 Å². The van der Waals surface area contributed by atoms with Gasteiger partial charge in [0.05, 0.1) is 6.61 Å². The molecule has 1 N–H and O–H groups in total. The molecule has 0 bridgehead atoms. The van der Waals surface area contributed by atoms with Gasteiger partial charge in [0.15, 0.2) is 0 Å². The highest BCUT2D eigenvalue weighted by molar-refractivity contribution is 5.62. The normalized spacial score (nSPS) is 9.69. The molecule has 1 rings (SSSR count). The van der Waals surface area contributed by atoms with Crippen LogP contribution in [0.5, 0.6) is 5.75 Å². The van der Waals surface area contributed by atoms with Gasteiger partial charge in [-0.3, -0.25) is 0 Å². The first-order valence-corrected chi connectivity index (χ1v) is 4.23. The molecule has 0 fully saturated rings. The van der Waals surface area contributed by atoms with Crippen molar-refractivity contribution in [2.45, 2.75) is 6.92 Å². The van der Waals surface area contributed by atoms with Crippen molar-refractivity contribution in [2.75, 3.05) is 13.2 Å². The first kappa shape index (κ1) is 9.81. The maximum atomic E-state index is 8.56. The number of hydrogen-bond donors (Lipinski definition) is 1. The van der Waals surface area contributed by atoms with Gasteiger partial charge < -0.3 is 9.84 Å². The molecule has 0 aliphatic carbocycles. The fourth-order valence-corrected chi connectivity index (χ4v) is 1.01. The molecule has 1 aromatic rings. The highest BCUT2D eigenvalue weighted by atomic mass is 16.5. The summed E-state index contributed by atoms with van der Waals surface area (Å²) in [5.41, 5.74) is 2.07. The van der Waals surface area contributed by atoms with E-state index in [1.165, 1.54) is 0 Å². The molecule has 70 valence electrons. The fraction of sp³-hybridized carbons (Fsp3) is 0.273. The van der Waals surface area contributed by atoms with Crippen LogP contribution in [0.1, 0.15) is 12.5 Å². The van der Waals surface area contributed by atoms with Crippen LogP contribution in [0.3, 0.4) is 0 Å². The molecule has 0 aliphatic rings. The predicted octanol–water partition coefficient (Wildman–Crippen LogP) is 2.09. The zero-order chi connectivity index (χ0) is 9.68. The lowest BCUT2D eigenvalue weighted by molar-refractivity contribution is 0.201. The predicted molar refractivity (Wildman–Crippen MR) is 53.7 cm³/mol. The van der Waals surface area contributed by atoms with Gasteiger partial charge >= 0.3 is 0 Å². The number of rotatable bonds is 4. The summed E-state index contributed by atoms with van der Waals surface area (Å²) in [7, 11) is 0. The fourth-order valence-electron chi connectivity index (χ4n) is 1.01. The Kier molecular flexibility index (Phi) is 3.53. The van der Waals surface area contributed by atoms with Gasteiger partial charge in [-0.2, -0.15) is 0 Å². The second-order valence-corrected chi connectivity index (χ2v) is 2.88. The Morgan fingerprint density at radius 1 is 1.54 bits per heavy atom. The third kappa shape index (κ3) is 2.92. The third-order valence-corrected chi connectivity index (χ3v) is 1.69. The molecule has 0 aliphatic heterocycles. The first-order chi connectivity index (χ1) is 6.24. The maximum absolute atomic E-state index is 8.56. The van der Waals surface area contributed by atoms with Crippen molar-refractivity contribution in [3.8, 4) is 5.75 Å². The molecule has 1 aromatic carbocycles. The van der Waals surface area contributed by atoms with Crippen LogP contribution < -0.4 is 4.74 Å². The number of hydrogen-bond acceptors (Lipinski definition) is 2. The Morgan fingerprint density at radius 2 is 2.31 bits per heavy atom. The van der Waals surface area contributed by atoms with Crippen LogP contribution in [0.4, 0.5) is 0 Å². The minimum Gasteiger partial charge on any atom is -0.491 e. The second kappa shape index (κ2) is 4.67. The molecule has 0 amide bonds. The number of benzene rings is 1. The zero-order valence-corrected chi connectivity index (χ0v) is 7.79. The Morgan fingerprint density at radius 3 is 2.92 bits per heavy atom. The molecule has 0 atom stereocenters. The van der Waals surface area contributed by atoms with E-state index in [2.05, 4.69) is 6.58 Å². The van der Waals surface area contributed by atoms with Crippen LogP contribution in [0, 0.1) is 0 Å². The average Bonchev–Trinajstić information content (AvgIpc) is 2.15. The van der Waals surface area contributed by atoms with Crippen LogP contribution >= 0.6 is 0 Å². The molecule has 0 heterocycles. The molecular formula is C11H14O2. The number of aliphatic hydroxyl groups is 1. The molecule has 0 saturated carbocycles. The van der Waals surface area contributed by atoms with E-state index < -0.39 is 0 Å². The van der Waals surface area contributed by atoms with Crippen molar-refractivity contribution in [1.82, 2.24) is 0 Å². The summed E-state index contributed by atoms with van der Waals surface area (Å²) in [5, 5.41) is 8.56.